The van der Waals surface area contributed by atoms with Gasteiger partial charge in [-0.25, -0.2) is 4.79 Å². The molecule has 0 spiro atoms. The Kier molecular flexibility index (Phi) is 5.19. The fraction of sp³-hybridized carbons (Fsp3) is 0.250. The summed E-state index contributed by atoms with van der Waals surface area (Å²) in [5.41, 5.74) is 0.852. The van der Waals surface area contributed by atoms with Crippen molar-refractivity contribution in [3.63, 3.8) is 0 Å². The van der Waals surface area contributed by atoms with Gasteiger partial charge in [0.25, 0.3) is 5.91 Å². The third kappa shape index (κ3) is 4.12. The van der Waals surface area contributed by atoms with Crippen molar-refractivity contribution in [2.24, 2.45) is 0 Å². The van der Waals surface area contributed by atoms with Gasteiger partial charge in [-0.1, -0.05) is 19.1 Å². The Labute approximate surface area is 127 Å². The van der Waals surface area contributed by atoms with Gasteiger partial charge in [0, 0.05) is 12.6 Å². The van der Waals surface area contributed by atoms with Crippen LogP contribution in [0.2, 0.25) is 0 Å². The van der Waals surface area contributed by atoms with Crippen LogP contribution in [0.4, 0.5) is 0 Å². The van der Waals surface area contributed by atoms with Crippen molar-refractivity contribution in [1.29, 1.82) is 0 Å². The largest absolute Gasteiger partial charge is 0.494 e. The van der Waals surface area contributed by atoms with Crippen molar-refractivity contribution in [1.82, 2.24) is 5.32 Å². The van der Waals surface area contributed by atoms with Gasteiger partial charge in [-0.05, 0) is 24.1 Å². The molecule has 2 rings (SSSR count). The number of carbonyl (C=O) groups excluding carboxylic acids is 1. The van der Waals surface area contributed by atoms with Crippen LogP contribution in [0.15, 0.2) is 41.0 Å². The SMILES string of the molecule is CCCOc1ccc(CNC(=O)c2cc(C(=O)O)co2)cc1. The highest BCUT2D eigenvalue weighted by molar-refractivity contribution is 5.95. The standard InChI is InChI=1S/C16H17NO5/c1-2-7-21-13-5-3-11(4-6-13)9-17-15(18)14-8-12(10-22-14)16(19)20/h3-6,8,10H,2,7,9H2,1H3,(H,17,18)(H,19,20). The number of hydrogen-bond donors (Lipinski definition) is 2. The summed E-state index contributed by atoms with van der Waals surface area (Å²) in [7, 11) is 0. The van der Waals surface area contributed by atoms with Gasteiger partial charge in [-0.15, -0.1) is 0 Å². The van der Waals surface area contributed by atoms with E-state index >= 15 is 0 Å². The van der Waals surface area contributed by atoms with Gasteiger partial charge in [0.15, 0.2) is 5.76 Å². The van der Waals surface area contributed by atoms with Crippen molar-refractivity contribution >= 4 is 11.9 Å². The van der Waals surface area contributed by atoms with E-state index in [4.69, 9.17) is 14.3 Å². The predicted octanol–water partition coefficient (Wildman–Crippen LogP) is 2.70. The molecule has 1 heterocycles. The third-order valence-corrected chi connectivity index (χ3v) is 2.92. The van der Waals surface area contributed by atoms with Gasteiger partial charge in [-0.2, -0.15) is 0 Å². The van der Waals surface area contributed by atoms with Crippen LogP contribution in [-0.2, 0) is 6.54 Å². The molecule has 0 saturated carbocycles. The summed E-state index contributed by atoms with van der Waals surface area (Å²) in [6, 6.07) is 8.59. The molecule has 0 saturated heterocycles. The molecule has 0 aliphatic rings. The lowest BCUT2D eigenvalue weighted by Gasteiger charge is -2.06. The molecule has 1 aromatic carbocycles. The zero-order valence-corrected chi connectivity index (χ0v) is 12.2. The molecule has 1 aromatic heterocycles. The maximum Gasteiger partial charge on any atom is 0.338 e. The Balaban J connectivity index is 1.88. The number of aromatic carboxylic acids is 1. The summed E-state index contributed by atoms with van der Waals surface area (Å²) in [6.45, 7) is 3.02. The number of carbonyl (C=O) groups is 2. The lowest BCUT2D eigenvalue weighted by molar-refractivity contribution is 0.0696. The molecule has 0 fully saturated rings. The molecule has 22 heavy (non-hydrogen) atoms. The summed E-state index contributed by atoms with van der Waals surface area (Å²) >= 11 is 0. The normalized spacial score (nSPS) is 10.2. The Hall–Kier alpha value is -2.76. The number of ether oxygens (including phenoxy) is 1. The first kappa shape index (κ1) is 15.6. The predicted molar refractivity (Wildman–Crippen MR) is 79.1 cm³/mol. The van der Waals surface area contributed by atoms with Crippen LogP contribution >= 0.6 is 0 Å². The maximum absolute atomic E-state index is 11.8. The molecular formula is C16H17NO5. The van der Waals surface area contributed by atoms with Gasteiger partial charge in [0.1, 0.15) is 12.0 Å². The lowest BCUT2D eigenvalue weighted by Crippen LogP contribution is -2.22. The molecule has 0 aliphatic heterocycles. The average molecular weight is 303 g/mol. The summed E-state index contributed by atoms with van der Waals surface area (Å²) in [6.07, 6.45) is 1.98. The smallest absolute Gasteiger partial charge is 0.338 e. The average Bonchev–Trinajstić information content (AvgIpc) is 3.02. The van der Waals surface area contributed by atoms with Gasteiger partial charge < -0.3 is 19.6 Å². The van der Waals surface area contributed by atoms with Crippen LogP contribution in [0.5, 0.6) is 5.75 Å². The topological polar surface area (TPSA) is 88.8 Å². The van der Waals surface area contributed by atoms with Crippen molar-refractivity contribution in [2.75, 3.05) is 6.61 Å². The molecule has 6 heteroatoms. The van der Waals surface area contributed by atoms with E-state index in [0.717, 1.165) is 24.0 Å². The van der Waals surface area contributed by atoms with E-state index in [-0.39, 0.29) is 11.3 Å². The summed E-state index contributed by atoms with van der Waals surface area (Å²) < 4.78 is 10.4. The maximum atomic E-state index is 11.8. The highest BCUT2D eigenvalue weighted by atomic mass is 16.5. The minimum absolute atomic E-state index is 0.0275. The second-order valence-corrected chi connectivity index (χ2v) is 4.68. The second-order valence-electron chi connectivity index (χ2n) is 4.68. The van der Waals surface area contributed by atoms with Crippen LogP contribution in [0, 0.1) is 0 Å². The Morgan fingerprint density at radius 1 is 1.27 bits per heavy atom. The van der Waals surface area contributed by atoms with Crippen LogP contribution in [0.1, 0.15) is 39.8 Å². The zero-order chi connectivity index (χ0) is 15.9. The number of furan rings is 1. The molecule has 2 N–H and O–H groups in total. The first-order chi connectivity index (χ1) is 10.6. The molecule has 0 bridgehead atoms. The lowest BCUT2D eigenvalue weighted by atomic mass is 10.2. The number of carboxylic acid groups (broad SMARTS) is 1. The van der Waals surface area contributed by atoms with E-state index in [9.17, 15) is 9.59 Å². The van der Waals surface area contributed by atoms with Crippen molar-refractivity contribution in [3.8, 4) is 5.75 Å². The highest BCUT2D eigenvalue weighted by Gasteiger charge is 2.14. The minimum Gasteiger partial charge on any atom is -0.494 e. The zero-order valence-electron chi connectivity index (χ0n) is 12.2. The number of carboxylic acids is 1. The minimum atomic E-state index is -1.13. The first-order valence-corrected chi connectivity index (χ1v) is 6.92. The highest BCUT2D eigenvalue weighted by Crippen LogP contribution is 2.13. The Morgan fingerprint density at radius 3 is 2.59 bits per heavy atom. The number of nitrogens with one attached hydrogen (secondary N) is 1. The van der Waals surface area contributed by atoms with Gasteiger partial charge in [0.2, 0.25) is 0 Å². The van der Waals surface area contributed by atoms with Gasteiger partial charge >= 0.3 is 5.97 Å². The van der Waals surface area contributed by atoms with E-state index in [1.54, 1.807) is 0 Å². The van der Waals surface area contributed by atoms with Gasteiger partial charge in [-0.3, -0.25) is 4.79 Å². The Bertz CT molecular complexity index is 645. The second kappa shape index (κ2) is 7.31. The molecule has 6 nitrogen and oxygen atoms in total. The van der Waals surface area contributed by atoms with E-state index < -0.39 is 11.9 Å². The van der Waals surface area contributed by atoms with Crippen molar-refractivity contribution < 1.29 is 23.8 Å². The van der Waals surface area contributed by atoms with Crippen LogP contribution in [0.25, 0.3) is 0 Å². The van der Waals surface area contributed by atoms with E-state index in [1.165, 1.54) is 6.07 Å². The summed E-state index contributed by atoms with van der Waals surface area (Å²) in [5, 5.41) is 11.4. The van der Waals surface area contributed by atoms with Crippen molar-refractivity contribution in [3.05, 3.63) is 53.5 Å². The quantitative estimate of drug-likeness (QED) is 0.821. The first-order valence-electron chi connectivity index (χ1n) is 6.92. The molecule has 1 amide bonds. The van der Waals surface area contributed by atoms with E-state index in [1.807, 2.05) is 31.2 Å². The molecule has 2 aromatic rings. The number of amides is 1. The van der Waals surface area contributed by atoms with Crippen LogP contribution in [0.3, 0.4) is 0 Å². The van der Waals surface area contributed by atoms with Crippen LogP contribution in [-0.4, -0.2) is 23.6 Å². The van der Waals surface area contributed by atoms with E-state index in [0.29, 0.717) is 13.2 Å². The third-order valence-electron chi connectivity index (χ3n) is 2.92. The molecule has 0 aliphatic carbocycles. The fourth-order valence-electron chi connectivity index (χ4n) is 1.76. The van der Waals surface area contributed by atoms with Crippen molar-refractivity contribution in [2.45, 2.75) is 19.9 Å². The van der Waals surface area contributed by atoms with Gasteiger partial charge in [0.05, 0.1) is 12.2 Å². The number of rotatable bonds is 7. The number of benzene rings is 1. The summed E-state index contributed by atoms with van der Waals surface area (Å²) in [5.74, 6) is -0.835. The fourth-order valence-corrected chi connectivity index (χ4v) is 1.76. The molecule has 0 unspecified atom stereocenters. The van der Waals surface area contributed by atoms with Crippen LogP contribution < -0.4 is 10.1 Å². The molecule has 0 radical (unpaired) electrons. The monoisotopic (exact) mass is 303 g/mol. The molecular weight excluding hydrogens is 286 g/mol. The molecule has 116 valence electrons. The Morgan fingerprint density at radius 2 is 2.00 bits per heavy atom. The number of hydrogen-bond acceptors (Lipinski definition) is 4. The van der Waals surface area contributed by atoms with E-state index in [2.05, 4.69) is 5.32 Å². The summed E-state index contributed by atoms with van der Waals surface area (Å²) in [4.78, 5) is 22.6. The molecule has 0 atom stereocenters.